The highest BCUT2D eigenvalue weighted by molar-refractivity contribution is 5.93. The number of hydrogen-bond donors (Lipinski definition) is 1. The summed E-state index contributed by atoms with van der Waals surface area (Å²) < 4.78 is 5.69. The number of ether oxygens (including phenoxy) is 1. The summed E-state index contributed by atoms with van der Waals surface area (Å²) in [6.45, 7) is 11.0. The van der Waals surface area contributed by atoms with Crippen LogP contribution >= 0.6 is 0 Å². The second-order valence-electron chi connectivity index (χ2n) is 8.06. The predicted molar refractivity (Wildman–Crippen MR) is 119 cm³/mol. The Bertz CT molecular complexity index is 898. The van der Waals surface area contributed by atoms with Crippen LogP contribution in [0.5, 0.6) is 5.75 Å². The van der Waals surface area contributed by atoms with E-state index >= 15 is 0 Å². The molecule has 0 aliphatic carbocycles. The van der Waals surface area contributed by atoms with Gasteiger partial charge in [-0.15, -0.1) is 0 Å². The molecule has 1 fully saturated rings. The van der Waals surface area contributed by atoms with E-state index in [4.69, 9.17) is 4.74 Å². The number of anilines is 1. The quantitative estimate of drug-likeness (QED) is 0.797. The topological polar surface area (TPSA) is 61.9 Å². The van der Waals surface area contributed by atoms with Crippen molar-refractivity contribution in [2.45, 2.75) is 27.7 Å². The summed E-state index contributed by atoms with van der Waals surface area (Å²) in [5, 5.41) is 3.00. The van der Waals surface area contributed by atoms with E-state index in [2.05, 4.69) is 16.3 Å². The standard InChI is InChI=1S/C24H31N3O3/c1-17-12-18(2)14-21(13-17)30-16-24(29)27-10-8-26(9-11-27)15-23(28)25-22-7-5-6-19(3)20(22)4/h5-7,12-14H,8-11,15-16H2,1-4H3,(H,25,28). The number of benzene rings is 2. The molecule has 2 aromatic rings. The molecule has 2 amide bonds. The Morgan fingerprint density at radius 1 is 0.967 bits per heavy atom. The predicted octanol–water partition coefficient (Wildman–Crippen LogP) is 3.08. The van der Waals surface area contributed by atoms with E-state index in [1.54, 1.807) is 0 Å². The highest BCUT2D eigenvalue weighted by atomic mass is 16.5. The maximum absolute atomic E-state index is 12.5. The van der Waals surface area contributed by atoms with E-state index in [1.807, 2.05) is 62.9 Å². The summed E-state index contributed by atoms with van der Waals surface area (Å²) in [7, 11) is 0. The molecule has 0 aromatic heterocycles. The SMILES string of the molecule is Cc1cc(C)cc(OCC(=O)N2CCN(CC(=O)Nc3cccc(C)c3C)CC2)c1. The fourth-order valence-electron chi connectivity index (χ4n) is 3.69. The normalized spacial score (nSPS) is 14.5. The molecule has 1 aliphatic rings. The van der Waals surface area contributed by atoms with Crippen molar-refractivity contribution in [2.75, 3.05) is 44.6 Å². The van der Waals surface area contributed by atoms with Crippen molar-refractivity contribution in [3.05, 3.63) is 58.7 Å². The molecule has 1 saturated heterocycles. The maximum atomic E-state index is 12.5. The summed E-state index contributed by atoms with van der Waals surface area (Å²) in [6, 6.07) is 11.9. The molecular weight excluding hydrogens is 378 g/mol. The van der Waals surface area contributed by atoms with E-state index in [-0.39, 0.29) is 18.4 Å². The minimum absolute atomic E-state index is 0.0198. The zero-order valence-electron chi connectivity index (χ0n) is 18.3. The van der Waals surface area contributed by atoms with Gasteiger partial charge in [0.1, 0.15) is 5.75 Å². The average Bonchev–Trinajstić information content (AvgIpc) is 2.69. The highest BCUT2D eigenvalue weighted by Crippen LogP contribution is 2.18. The van der Waals surface area contributed by atoms with Crippen LogP contribution in [-0.4, -0.2) is 60.9 Å². The van der Waals surface area contributed by atoms with Crippen LogP contribution in [0.15, 0.2) is 36.4 Å². The molecule has 0 saturated carbocycles. The molecular formula is C24H31N3O3. The molecule has 6 heteroatoms. The molecule has 0 radical (unpaired) electrons. The molecule has 0 bridgehead atoms. The van der Waals surface area contributed by atoms with Crippen LogP contribution in [0.2, 0.25) is 0 Å². The van der Waals surface area contributed by atoms with Crippen LogP contribution in [0.4, 0.5) is 5.69 Å². The number of piperazine rings is 1. The van der Waals surface area contributed by atoms with E-state index in [0.717, 1.165) is 33.7 Å². The second kappa shape index (κ2) is 9.76. The molecule has 30 heavy (non-hydrogen) atoms. The maximum Gasteiger partial charge on any atom is 0.260 e. The summed E-state index contributed by atoms with van der Waals surface area (Å²) in [6.07, 6.45) is 0. The summed E-state index contributed by atoms with van der Waals surface area (Å²) in [4.78, 5) is 28.8. The summed E-state index contributed by atoms with van der Waals surface area (Å²) in [5.41, 5.74) is 5.33. The van der Waals surface area contributed by atoms with Crippen LogP contribution in [0, 0.1) is 27.7 Å². The Hall–Kier alpha value is -2.86. The van der Waals surface area contributed by atoms with Gasteiger partial charge in [0.2, 0.25) is 5.91 Å². The van der Waals surface area contributed by atoms with Crippen molar-refractivity contribution in [3.63, 3.8) is 0 Å². The monoisotopic (exact) mass is 409 g/mol. The van der Waals surface area contributed by atoms with Gasteiger partial charge in [0.25, 0.3) is 5.91 Å². The first-order chi connectivity index (χ1) is 14.3. The number of amides is 2. The van der Waals surface area contributed by atoms with Gasteiger partial charge in [-0.2, -0.15) is 0 Å². The lowest BCUT2D eigenvalue weighted by Gasteiger charge is -2.34. The van der Waals surface area contributed by atoms with Gasteiger partial charge in [-0.05, 0) is 68.1 Å². The van der Waals surface area contributed by atoms with Crippen LogP contribution in [0.3, 0.4) is 0 Å². The molecule has 1 N–H and O–H groups in total. The lowest BCUT2D eigenvalue weighted by Crippen LogP contribution is -2.51. The number of nitrogens with one attached hydrogen (secondary N) is 1. The Labute approximate surface area is 178 Å². The largest absolute Gasteiger partial charge is 0.484 e. The number of nitrogens with zero attached hydrogens (tertiary/aromatic N) is 2. The van der Waals surface area contributed by atoms with Crippen molar-refractivity contribution in [3.8, 4) is 5.75 Å². The summed E-state index contributed by atoms with van der Waals surface area (Å²) >= 11 is 0. The molecule has 1 aliphatic heterocycles. The lowest BCUT2D eigenvalue weighted by molar-refractivity contribution is -0.135. The first-order valence-electron chi connectivity index (χ1n) is 10.4. The van der Waals surface area contributed by atoms with Gasteiger partial charge in [-0.25, -0.2) is 0 Å². The molecule has 6 nitrogen and oxygen atoms in total. The van der Waals surface area contributed by atoms with Gasteiger partial charge < -0.3 is 15.0 Å². The molecule has 160 valence electrons. The van der Waals surface area contributed by atoms with Gasteiger partial charge in [-0.1, -0.05) is 18.2 Å². The van der Waals surface area contributed by atoms with Crippen molar-refractivity contribution in [2.24, 2.45) is 0 Å². The van der Waals surface area contributed by atoms with E-state index in [9.17, 15) is 9.59 Å². The first kappa shape index (κ1) is 21.8. The fourth-order valence-corrected chi connectivity index (χ4v) is 3.69. The fraction of sp³-hybridized carbons (Fsp3) is 0.417. The molecule has 3 rings (SSSR count). The lowest BCUT2D eigenvalue weighted by atomic mass is 10.1. The van der Waals surface area contributed by atoms with Gasteiger partial charge in [0, 0.05) is 31.9 Å². The molecule has 0 unspecified atom stereocenters. The van der Waals surface area contributed by atoms with Crippen molar-refractivity contribution in [1.29, 1.82) is 0 Å². The molecule has 0 spiro atoms. The van der Waals surface area contributed by atoms with E-state index < -0.39 is 0 Å². The third-order valence-corrected chi connectivity index (χ3v) is 5.53. The van der Waals surface area contributed by atoms with E-state index in [1.165, 1.54) is 0 Å². The number of carbonyl (C=O) groups is 2. The van der Waals surface area contributed by atoms with Crippen molar-refractivity contribution < 1.29 is 14.3 Å². The average molecular weight is 410 g/mol. The van der Waals surface area contributed by atoms with Crippen LogP contribution < -0.4 is 10.1 Å². The minimum Gasteiger partial charge on any atom is -0.484 e. The van der Waals surface area contributed by atoms with Crippen LogP contribution in [-0.2, 0) is 9.59 Å². The first-order valence-corrected chi connectivity index (χ1v) is 10.4. The Morgan fingerprint density at radius 2 is 1.63 bits per heavy atom. The Balaban J connectivity index is 1.43. The van der Waals surface area contributed by atoms with Crippen LogP contribution in [0.25, 0.3) is 0 Å². The zero-order valence-corrected chi connectivity index (χ0v) is 18.3. The molecule has 1 heterocycles. The Kier molecular flexibility index (Phi) is 7.11. The van der Waals surface area contributed by atoms with Crippen molar-refractivity contribution >= 4 is 17.5 Å². The summed E-state index contributed by atoms with van der Waals surface area (Å²) in [5.74, 6) is 0.679. The third kappa shape index (κ3) is 5.83. The number of rotatable bonds is 6. The zero-order chi connectivity index (χ0) is 21.7. The van der Waals surface area contributed by atoms with Gasteiger partial charge in [0.05, 0.1) is 6.54 Å². The molecule has 2 aromatic carbocycles. The third-order valence-electron chi connectivity index (χ3n) is 5.53. The number of carbonyl (C=O) groups excluding carboxylic acids is 2. The minimum atomic E-state index is -0.0263. The Morgan fingerprint density at radius 3 is 2.30 bits per heavy atom. The second-order valence-corrected chi connectivity index (χ2v) is 8.06. The smallest absolute Gasteiger partial charge is 0.260 e. The number of aryl methyl sites for hydroxylation is 3. The highest BCUT2D eigenvalue weighted by Gasteiger charge is 2.23. The van der Waals surface area contributed by atoms with Crippen molar-refractivity contribution in [1.82, 2.24) is 9.80 Å². The van der Waals surface area contributed by atoms with Gasteiger partial charge in [0.15, 0.2) is 6.61 Å². The van der Waals surface area contributed by atoms with E-state index in [0.29, 0.717) is 32.7 Å². The number of hydrogen-bond acceptors (Lipinski definition) is 4. The molecule has 0 atom stereocenters. The van der Waals surface area contributed by atoms with Gasteiger partial charge >= 0.3 is 0 Å². The van der Waals surface area contributed by atoms with Crippen LogP contribution in [0.1, 0.15) is 22.3 Å². The van der Waals surface area contributed by atoms with Gasteiger partial charge in [-0.3, -0.25) is 14.5 Å².